The van der Waals surface area contributed by atoms with Crippen molar-refractivity contribution in [1.29, 1.82) is 0 Å². The minimum Gasteiger partial charge on any atom is -0.0859 e. The lowest BCUT2D eigenvalue weighted by atomic mass is 10.0. The summed E-state index contributed by atoms with van der Waals surface area (Å²) in [7, 11) is 0. The summed E-state index contributed by atoms with van der Waals surface area (Å²) in [4.78, 5) is 2.86. The van der Waals surface area contributed by atoms with E-state index in [1.807, 2.05) is 30.3 Å². The van der Waals surface area contributed by atoms with Crippen molar-refractivity contribution in [2.75, 3.05) is 0 Å². The molecule has 0 bridgehead atoms. The molecule has 1 aromatic rings. The maximum absolute atomic E-state index is 8.38. The van der Waals surface area contributed by atoms with Gasteiger partial charge in [0.05, 0.1) is 6.04 Å². The summed E-state index contributed by atoms with van der Waals surface area (Å²) in [5.41, 5.74) is 9.48. The fourth-order valence-corrected chi connectivity index (χ4v) is 1.30. The van der Waals surface area contributed by atoms with Gasteiger partial charge in [0.1, 0.15) is 0 Å². The van der Waals surface area contributed by atoms with Crippen molar-refractivity contribution >= 4 is 0 Å². The van der Waals surface area contributed by atoms with Crippen LogP contribution in [0.2, 0.25) is 0 Å². The van der Waals surface area contributed by atoms with Gasteiger partial charge in [-0.1, -0.05) is 48.8 Å². The molecule has 1 unspecified atom stereocenters. The van der Waals surface area contributed by atoms with E-state index in [0.717, 1.165) is 18.4 Å². The Bertz CT molecular complexity index is 288. The Morgan fingerprint density at radius 3 is 2.62 bits per heavy atom. The summed E-state index contributed by atoms with van der Waals surface area (Å²) in [6.45, 7) is 2.09. The van der Waals surface area contributed by atoms with Crippen LogP contribution in [0.1, 0.15) is 31.4 Å². The summed E-state index contributed by atoms with van der Waals surface area (Å²) in [6, 6.07) is 9.87. The predicted octanol–water partition coefficient (Wildman–Crippen LogP) is 3.84. The zero-order valence-corrected chi connectivity index (χ0v) is 7.72. The van der Waals surface area contributed by atoms with Crippen LogP contribution in [0.25, 0.3) is 10.4 Å². The fourth-order valence-electron chi connectivity index (χ4n) is 1.30. The number of hydrogen-bond acceptors (Lipinski definition) is 1. The number of nitrogens with zero attached hydrogens (tertiary/aromatic N) is 3. The van der Waals surface area contributed by atoms with Crippen LogP contribution in [0.3, 0.4) is 0 Å². The number of hydrogen-bond donors (Lipinski definition) is 0. The average Bonchev–Trinajstić information content (AvgIpc) is 2.19. The van der Waals surface area contributed by atoms with Crippen LogP contribution in [0.4, 0.5) is 0 Å². The van der Waals surface area contributed by atoms with Crippen molar-refractivity contribution in [3.63, 3.8) is 0 Å². The first-order valence-electron chi connectivity index (χ1n) is 4.47. The second-order valence-electron chi connectivity index (χ2n) is 2.92. The molecule has 0 amide bonds. The van der Waals surface area contributed by atoms with Gasteiger partial charge in [-0.15, -0.1) is 0 Å². The van der Waals surface area contributed by atoms with Gasteiger partial charge < -0.3 is 0 Å². The molecule has 13 heavy (non-hydrogen) atoms. The van der Waals surface area contributed by atoms with E-state index in [0.29, 0.717) is 0 Å². The molecule has 0 saturated heterocycles. The lowest BCUT2D eigenvalue weighted by Crippen LogP contribution is -1.92. The molecule has 1 aromatic carbocycles. The van der Waals surface area contributed by atoms with Crippen LogP contribution >= 0.6 is 0 Å². The van der Waals surface area contributed by atoms with Gasteiger partial charge in [-0.3, -0.25) is 0 Å². The molecule has 3 heteroatoms. The highest BCUT2D eigenvalue weighted by molar-refractivity contribution is 5.18. The topological polar surface area (TPSA) is 48.8 Å². The molecule has 0 aliphatic rings. The van der Waals surface area contributed by atoms with Gasteiger partial charge in [0.25, 0.3) is 0 Å². The van der Waals surface area contributed by atoms with Crippen molar-refractivity contribution in [3.8, 4) is 0 Å². The van der Waals surface area contributed by atoms with Gasteiger partial charge in [0.15, 0.2) is 0 Å². The van der Waals surface area contributed by atoms with Gasteiger partial charge in [-0.05, 0) is 17.5 Å². The number of rotatable bonds is 4. The third-order valence-electron chi connectivity index (χ3n) is 1.94. The molecule has 1 rings (SSSR count). The molecule has 3 nitrogen and oxygen atoms in total. The van der Waals surface area contributed by atoms with Crippen LogP contribution in [-0.4, -0.2) is 0 Å². The standard InChI is InChI=1S/C10H13N3/c1-2-6-10(12-13-11)9-7-4-3-5-8-9/h3-5,7-8,10H,2,6H2,1H3. The molecule has 0 saturated carbocycles. The van der Waals surface area contributed by atoms with Crippen molar-refractivity contribution in [2.45, 2.75) is 25.8 Å². The third kappa shape index (κ3) is 2.80. The molecule has 0 spiro atoms. The number of benzene rings is 1. The van der Waals surface area contributed by atoms with Gasteiger partial charge in [-0.25, -0.2) is 0 Å². The normalized spacial score (nSPS) is 11.8. The van der Waals surface area contributed by atoms with Crippen LogP contribution in [-0.2, 0) is 0 Å². The summed E-state index contributed by atoms with van der Waals surface area (Å²) < 4.78 is 0. The van der Waals surface area contributed by atoms with Crippen molar-refractivity contribution in [1.82, 2.24) is 0 Å². The van der Waals surface area contributed by atoms with E-state index >= 15 is 0 Å². The highest BCUT2D eigenvalue weighted by atomic mass is 15.1. The van der Waals surface area contributed by atoms with Gasteiger partial charge in [0, 0.05) is 4.91 Å². The van der Waals surface area contributed by atoms with E-state index in [2.05, 4.69) is 16.9 Å². The average molecular weight is 175 g/mol. The molecule has 0 aliphatic heterocycles. The maximum atomic E-state index is 8.38. The fraction of sp³-hybridized carbons (Fsp3) is 0.400. The van der Waals surface area contributed by atoms with E-state index in [1.165, 1.54) is 0 Å². The number of azide groups is 1. The zero-order valence-electron chi connectivity index (χ0n) is 7.72. The smallest absolute Gasteiger partial charge is 0.0625 e. The monoisotopic (exact) mass is 175 g/mol. The first-order valence-corrected chi connectivity index (χ1v) is 4.47. The Morgan fingerprint density at radius 1 is 1.38 bits per heavy atom. The first kappa shape index (κ1) is 9.62. The Morgan fingerprint density at radius 2 is 2.08 bits per heavy atom. The van der Waals surface area contributed by atoms with Gasteiger partial charge >= 0.3 is 0 Å². The largest absolute Gasteiger partial charge is 0.0859 e. The molecule has 0 N–H and O–H groups in total. The molecule has 0 radical (unpaired) electrons. The molecule has 0 aliphatic carbocycles. The van der Waals surface area contributed by atoms with Gasteiger partial charge in [-0.2, -0.15) is 0 Å². The first-order chi connectivity index (χ1) is 6.38. The lowest BCUT2D eigenvalue weighted by molar-refractivity contribution is 0.634. The summed E-state index contributed by atoms with van der Waals surface area (Å²) in [5, 5.41) is 3.76. The summed E-state index contributed by atoms with van der Waals surface area (Å²) in [6.07, 6.45) is 1.94. The van der Waals surface area contributed by atoms with E-state index in [1.54, 1.807) is 0 Å². The molecule has 0 fully saturated rings. The lowest BCUT2D eigenvalue weighted by Gasteiger charge is -2.08. The van der Waals surface area contributed by atoms with E-state index in [-0.39, 0.29) is 6.04 Å². The van der Waals surface area contributed by atoms with Crippen LogP contribution in [0.5, 0.6) is 0 Å². The van der Waals surface area contributed by atoms with Gasteiger partial charge in [0.2, 0.25) is 0 Å². The summed E-state index contributed by atoms with van der Waals surface area (Å²) >= 11 is 0. The third-order valence-corrected chi connectivity index (χ3v) is 1.94. The molecule has 0 aromatic heterocycles. The maximum Gasteiger partial charge on any atom is 0.0625 e. The van der Waals surface area contributed by atoms with E-state index in [9.17, 15) is 0 Å². The second kappa shape index (κ2) is 5.22. The minimum absolute atomic E-state index is 0.00352. The minimum atomic E-state index is -0.00352. The van der Waals surface area contributed by atoms with E-state index < -0.39 is 0 Å². The molecular weight excluding hydrogens is 162 g/mol. The Kier molecular flexibility index (Phi) is 3.86. The Labute approximate surface area is 78.0 Å². The molecule has 68 valence electrons. The molecule has 0 heterocycles. The predicted molar refractivity (Wildman–Crippen MR) is 53.2 cm³/mol. The van der Waals surface area contributed by atoms with Crippen LogP contribution in [0.15, 0.2) is 35.4 Å². The summed E-state index contributed by atoms with van der Waals surface area (Å²) in [5.74, 6) is 0. The van der Waals surface area contributed by atoms with E-state index in [4.69, 9.17) is 5.53 Å². The Balaban J connectivity index is 2.81. The Hall–Kier alpha value is -1.47. The van der Waals surface area contributed by atoms with Crippen LogP contribution in [0, 0.1) is 0 Å². The zero-order chi connectivity index (χ0) is 9.52. The highest BCUT2D eigenvalue weighted by Gasteiger charge is 2.06. The van der Waals surface area contributed by atoms with Crippen molar-refractivity contribution in [2.24, 2.45) is 5.11 Å². The second-order valence-corrected chi connectivity index (χ2v) is 2.92. The molecular formula is C10H13N3. The molecule has 1 atom stereocenters. The highest BCUT2D eigenvalue weighted by Crippen LogP contribution is 2.22. The SMILES string of the molecule is CCCC(N=[N+]=[N-])c1ccccc1. The van der Waals surface area contributed by atoms with Crippen LogP contribution < -0.4 is 0 Å². The quantitative estimate of drug-likeness (QED) is 0.379. The van der Waals surface area contributed by atoms with Crippen molar-refractivity contribution in [3.05, 3.63) is 46.3 Å². The van der Waals surface area contributed by atoms with Crippen molar-refractivity contribution < 1.29 is 0 Å².